The maximum atomic E-state index is 13.2. The van der Waals surface area contributed by atoms with Crippen LogP contribution in [-0.2, 0) is 10.0 Å². The molecule has 2 aliphatic rings. The standard InChI is InChI=1S/C18H28N4O3S/c1-21-13-18(20-14-21)26(23,24)22(16-9-7-15(19)8-10-16)11-12-25-17-5-3-2-4-6-17/h2-6,14-16,18H,7-13,19H2,1H3. The van der Waals surface area contributed by atoms with Crippen LogP contribution in [0, 0.1) is 0 Å². The Morgan fingerprint density at radius 1 is 1.23 bits per heavy atom. The molecule has 0 bridgehead atoms. The second-order valence-electron chi connectivity index (χ2n) is 7.04. The Morgan fingerprint density at radius 2 is 1.92 bits per heavy atom. The normalized spacial score (nSPS) is 26.4. The molecule has 0 saturated heterocycles. The van der Waals surface area contributed by atoms with Crippen LogP contribution in [0.25, 0.3) is 0 Å². The maximum absolute atomic E-state index is 13.2. The van der Waals surface area contributed by atoms with E-state index >= 15 is 0 Å². The molecule has 3 rings (SSSR count). The zero-order chi connectivity index (χ0) is 18.6. The third-order valence-corrected chi connectivity index (χ3v) is 7.11. The molecule has 0 aromatic heterocycles. The van der Waals surface area contributed by atoms with Gasteiger partial charge in [0.15, 0.2) is 5.37 Å². The number of nitrogens with zero attached hydrogens (tertiary/aromatic N) is 3. The highest BCUT2D eigenvalue weighted by atomic mass is 32.2. The second kappa shape index (κ2) is 8.37. The van der Waals surface area contributed by atoms with Crippen molar-refractivity contribution in [3.8, 4) is 5.75 Å². The van der Waals surface area contributed by atoms with E-state index in [9.17, 15) is 8.42 Å². The summed E-state index contributed by atoms with van der Waals surface area (Å²) in [6.45, 7) is 1.04. The highest BCUT2D eigenvalue weighted by Crippen LogP contribution is 2.27. The largest absolute Gasteiger partial charge is 0.492 e. The summed E-state index contributed by atoms with van der Waals surface area (Å²) in [6.07, 6.45) is 4.88. The van der Waals surface area contributed by atoms with Gasteiger partial charge in [-0.05, 0) is 37.8 Å². The third kappa shape index (κ3) is 4.55. The summed E-state index contributed by atoms with van der Waals surface area (Å²) in [5.74, 6) is 0.745. The fourth-order valence-electron chi connectivity index (χ4n) is 3.53. The summed E-state index contributed by atoms with van der Waals surface area (Å²) in [5.41, 5.74) is 6.00. The average Bonchev–Trinajstić information content (AvgIpc) is 3.08. The SMILES string of the molecule is CN1C=NC(S(=O)(=O)N(CCOc2ccccc2)C2CCC(N)CC2)C1. The lowest BCUT2D eigenvalue weighted by atomic mass is 9.92. The van der Waals surface area contributed by atoms with Gasteiger partial charge in [-0.25, -0.2) is 8.42 Å². The van der Waals surface area contributed by atoms with Crippen LogP contribution in [0.15, 0.2) is 35.3 Å². The molecule has 0 radical (unpaired) electrons. The Morgan fingerprint density at radius 3 is 2.54 bits per heavy atom. The molecular formula is C18H28N4O3S. The van der Waals surface area contributed by atoms with Crippen molar-refractivity contribution in [2.24, 2.45) is 10.7 Å². The molecule has 0 spiro atoms. The van der Waals surface area contributed by atoms with E-state index in [1.54, 1.807) is 15.5 Å². The van der Waals surface area contributed by atoms with Crippen molar-refractivity contribution < 1.29 is 13.2 Å². The van der Waals surface area contributed by atoms with Crippen LogP contribution in [0.5, 0.6) is 5.75 Å². The number of sulfonamides is 1. The predicted octanol–water partition coefficient (Wildman–Crippen LogP) is 1.27. The highest BCUT2D eigenvalue weighted by Gasteiger charge is 2.39. The zero-order valence-electron chi connectivity index (χ0n) is 15.2. The van der Waals surface area contributed by atoms with Gasteiger partial charge in [0.2, 0.25) is 10.0 Å². The number of benzene rings is 1. The van der Waals surface area contributed by atoms with Gasteiger partial charge in [0, 0.05) is 25.7 Å². The van der Waals surface area contributed by atoms with Gasteiger partial charge in [0.25, 0.3) is 0 Å². The zero-order valence-corrected chi connectivity index (χ0v) is 16.0. The van der Waals surface area contributed by atoms with Crippen molar-refractivity contribution in [2.75, 3.05) is 26.7 Å². The van der Waals surface area contributed by atoms with Gasteiger partial charge in [-0.15, -0.1) is 0 Å². The molecule has 8 heteroatoms. The highest BCUT2D eigenvalue weighted by molar-refractivity contribution is 7.89. The summed E-state index contributed by atoms with van der Waals surface area (Å²) in [7, 11) is -1.70. The van der Waals surface area contributed by atoms with Crippen LogP contribution >= 0.6 is 0 Å². The Kier molecular flexibility index (Phi) is 6.16. The summed E-state index contributed by atoms with van der Waals surface area (Å²) in [5, 5.41) is -0.736. The number of likely N-dealkylation sites (N-methyl/N-ethyl adjacent to an activating group) is 1. The third-order valence-electron chi connectivity index (χ3n) is 5.02. The van der Waals surface area contributed by atoms with Crippen LogP contribution in [0.3, 0.4) is 0 Å². The Labute approximate surface area is 155 Å². The molecule has 1 heterocycles. The fourth-order valence-corrected chi connectivity index (χ4v) is 5.43. The number of nitrogens with two attached hydrogens (primary N) is 1. The molecule has 1 unspecified atom stereocenters. The van der Waals surface area contributed by atoms with Gasteiger partial charge in [0.1, 0.15) is 12.4 Å². The molecule has 7 nitrogen and oxygen atoms in total. The van der Waals surface area contributed by atoms with Crippen molar-refractivity contribution in [1.82, 2.24) is 9.21 Å². The van der Waals surface area contributed by atoms with Crippen molar-refractivity contribution in [1.29, 1.82) is 0 Å². The van der Waals surface area contributed by atoms with E-state index in [1.807, 2.05) is 37.4 Å². The molecule has 144 valence electrons. The molecule has 1 saturated carbocycles. The molecule has 1 aliphatic heterocycles. The first kappa shape index (κ1) is 19.1. The molecular weight excluding hydrogens is 352 g/mol. The van der Waals surface area contributed by atoms with E-state index in [2.05, 4.69) is 4.99 Å². The van der Waals surface area contributed by atoms with Crippen molar-refractivity contribution in [3.63, 3.8) is 0 Å². The molecule has 1 aromatic rings. The topological polar surface area (TPSA) is 88.2 Å². The first-order chi connectivity index (χ1) is 12.5. The number of aliphatic imine (C=N–C) groups is 1. The summed E-state index contributed by atoms with van der Waals surface area (Å²) in [6, 6.07) is 9.60. The van der Waals surface area contributed by atoms with Crippen LogP contribution in [0.1, 0.15) is 25.7 Å². The van der Waals surface area contributed by atoms with E-state index in [4.69, 9.17) is 10.5 Å². The minimum atomic E-state index is -3.53. The lowest BCUT2D eigenvalue weighted by molar-refractivity contribution is 0.201. The van der Waals surface area contributed by atoms with E-state index < -0.39 is 15.4 Å². The van der Waals surface area contributed by atoms with Crippen LogP contribution < -0.4 is 10.5 Å². The molecule has 2 N–H and O–H groups in total. The van der Waals surface area contributed by atoms with E-state index in [1.165, 1.54) is 0 Å². The van der Waals surface area contributed by atoms with Gasteiger partial charge in [-0.1, -0.05) is 18.2 Å². The molecule has 1 fully saturated rings. The monoisotopic (exact) mass is 380 g/mol. The Hall–Kier alpha value is -1.64. The van der Waals surface area contributed by atoms with Crippen LogP contribution in [-0.4, -0.2) is 68.2 Å². The molecule has 1 atom stereocenters. The van der Waals surface area contributed by atoms with Gasteiger partial charge >= 0.3 is 0 Å². The summed E-state index contributed by atoms with van der Waals surface area (Å²) < 4.78 is 33.8. The lowest BCUT2D eigenvalue weighted by Gasteiger charge is -2.36. The Balaban J connectivity index is 1.70. The number of ether oxygens (including phenoxy) is 1. The lowest BCUT2D eigenvalue weighted by Crippen LogP contribution is -2.49. The Bertz CT molecular complexity index is 702. The number of hydrogen-bond acceptors (Lipinski definition) is 6. The maximum Gasteiger partial charge on any atom is 0.239 e. The minimum Gasteiger partial charge on any atom is -0.492 e. The molecule has 1 aliphatic carbocycles. The van der Waals surface area contributed by atoms with Crippen molar-refractivity contribution in [2.45, 2.75) is 43.1 Å². The summed E-state index contributed by atoms with van der Waals surface area (Å²) >= 11 is 0. The fraction of sp³-hybridized carbons (Fsp3) is 0.611. The van der Waals surface area contributed by atoms with E-state index in [-0.39, 0.29) is 12.1 Å². The number of para-hydroxylation sites is 1. The first-order valence-corrected chi connectivity index (χ1v) is 10.6. The predicted molar refractivity (Wildman–Crippen MR) is 103 cm³/mol. The van der Waals surface area contributed by atoms with Gasteiger partial charge in [-0.3, -0.25) is 4.99 Å². The van der Waals surface area contributed by atoms with E-state index in [0.717, 1.165) is 31.4 Å². The molecule has 1 aromatic carbocycles. The van der Waals surface area contributed by atoms with Gasteiger partial charge in [-0.2, -0.15) is 4.31 Å². The molecule has 0 amide bonds. The number of hydrogen-bond donors (Lipinski definition) is 1. The first-order valence-electron chi connectivity index (χ1n) is 9.14. The minimum absolute atomic E-state index is 0.0275. The van der Waals surface area contributed by atoms with Crippen molar-refractivity contribution in [3.05, 3.63) is 30.3 Å². The van der Waals surface area contributed by atoms with Crippen LogP contribution in [0.4, 0.5) is 0 Å². The smallest absolute Gasteiger partial charge is 0.239 e. The summed E-state index contributed by atoms with van der Waals surface area (Å²) in [4.78, 5) is 5.99. The quantitative estimate of drug-likeness (QED) is 0.769. The molecule has 26 heavy (non-hydrogen) atoms. The van der Waals surface area contributed by atoms with Crippen LogP contribution in [0.2, 0.25) is 0 Å². The second-order valence-corrected chi connectivity index (χ2v) is 9.09. The average molecular weight is 381 g/mol. The van der Waals surface area contributed by atoms with Crippen molar-refractivity contribution >= 4 is 16.4 Å². The van der Waals surface area contributed by atoms with Gasteiger partial charge in [0.05, 0.1) is 12.9 Å². The van der Waals surface area contributed by atoms with E-state index in [0.29, 0.717) is 19.7 Å². The number of rotatable bonds is 7. The van der Waals surface area contributed by atoms with Gasteiger partial charge < -0.3 is 15.4 Å².